The quantitative estimate of drug-likeness (QED) is 0.562. The zero-order valence-corrected chi connectivity index (χ0v) is 15.7. The standard InChI is InChI=1S/C20H27N3O4/c1-27-17(24)7-11-20(16-5-3-2-4-6-16)18(25)23(19(26)22-20)14-10-15-8-12-21-13-9-15/h2-6,15,21H,7-14H2,1H3,(H,22,26). The SMILES string of the molecule is COC(=O)CCC1(c2ccccc2)NC(=O)N(CCC2CCNCC2)C1=O. The summed E-state index contributed by atoms with van der Waals surface area (Å²) in [5.41, 5.74) is -0.516. The molecular weight excluding hydrogens is 346 g/mol. The van der Waals surface area contributed by atoms with Crippen molar-refractivity contribution < 1.29 is 19.1 Å². The van der Waals surface area contributed by atoms with Gasteiger partial charge in [0.05, 0.1) is 7.11 Å². The number of carbonyl (C=O) groups is 3. The monoisotopic (exact) mass is 373 g/mol. The van der Waals surface area contributed by atoms with Gasteiger partial charge in [-0.25, -0.2) is 4.79 Å². The summed E-state index contributed by atoms with van der Waals surface area (Å²) in [6, 6.07) is 8.74. The van der Waals surface area contributed by atoms with Gasteiger partial charge in [0.25, 0.3) is 5.91 Å². The molecule has 0 saturated carbocycles. The molecule has 146 valence electrons. The van der Waals surface area contributed by atoms with E-state index in [-0.39, 0.29) is 24.8 Å². The highest BCUT2D eigenvalue weighted by Gasteiger charge is 2.52. The van der Waals surface area contributed by atoms with Gasteiger partial charge in [0.1, 0.15) is 5.54 Å². The highest BCUT2D eigenvalue weighted by atomic mass is 16.5. The van der Waals surface area contributed by atoms with Crippen LogP contribution in [0.1, 0.15) is 37.7 Å². The first kappa shape index (κ1) is 19.4. The summed E-state index contributed by atoms with van der Waals surface area (Å²) < 4.78 is 4.72. The molecule has 3 amide bonds. The summed E-state index contributed by atoms with van der Waals surface area (Å²) in [6.07, 6.45) is 3.17. The molecule has 1 atom stereocenters. The van der Waals surface area contributed by atoms with Crippen molar-refractivity contribution in [1.82, 2.24) is 15.5 Å². The van der Waals surface area contributed by atoms with Gasteiger partial charge in [-0.2, -0.15) is 0 Å². The van der Waals surface area contributed by atoms with Crippen LogP contribution in [0.5, 0.6) is 0 Å². The van der Waals surface area contributed by atoms with Gasteiger partial charge in [0.2, 0.25) is 0 Å². The maximum atomic E-state index is 13.3. The number of carbonyl (C=O) groups excluding carboxylic acids is 3. The molecule has 1 aromatic carbocycles. The number of nitrogens with one attached hydrogen (secondary N) is 2. The molecule has 0 aliphatic carbocycles. The van der Waals surface area contributed by atoms with E-state index in [0.29, 0.717) is 18.0 Å². The van der Waals surface area contributed by atoms with Gasteiger partial charge in [-0.1, -0.05) is 30.3 Å². The zero-order chi connectivity index (χ0) is 19.3. The number of urea groups is 1. The fourth-order valence-corrected chi connectivity index (χ4v) is 3.93. The smallest absolute Gasteiger partial charge is 0.325 e. The normalized spacial score (nSPS) is 23.4. The highest BCUT2D eigenvalue weighted by molar-refractivity contribution is 6.07. The van der Waals surface area contributed by atoms with Crippen molar-refractivity contribution in [2.24, 2.45) is 5.92 Å². The van der Waals surface area contributed by atoms with E-state index in [4.69, 9.17) is 4.74 Å². The first-order chi connectivity index (χ1) is 13.1. The van der Waals surface area contributed by atoms with E-state index in [1.165, 1.54) is 12.0 Å². The fraction of sp³-hybridized carbons (Fsp3) is 0.550. The lowest BCUT2D eigenvalue weighted by molar-refractivity contribution is -0.141. The summed E-state index contributed by atoms with van der Waals surface area (Å²) in [5.74, 6) is -0.161. The number of rotatable bonds is 7. The number of ether oxygens (including phenoxy) is 1. The Bertz CT molecular complexity index is 688. The number of amides is 3. The molecule has 7 heteroatoms. The van der Waals surface area contributed by atoms with Crippen LogP contribution in [0.3, 0.4) is 0 Å². The molecular formula is C20H27N3O4. The summed E-state index contributed by atoms with van der Waals surface area (Å²) in [6.45, 7) is 2.37. The Morgan fingerprint density at radius 2 is 1.93 bits per heavy atom. The van der Waals surface area contributed by atoms with E-state index in [1.807, 2.05) is 30.3 Å². The van der Waals surface area contributed by atoms with Crippen molar-refractivity contribution in [3.8, 4) is 0 Å². The number of methoxy groups -OCH3 is 1. The van der Waals surface area contributed by atoms with Crippen molar-refractivity contribution >= 4 is 17.9 Å². The average Bonchev–Trinajstić information content (AvgIpc) is 2.96. The molecule has 2 heterocycles. The van der Waals surface area contributed by atoms with Gasteiger partial charge in [0.15, 0.2) is 0 Å². The van der Waals surface area contributed by atoms with Crippen LogP contribution >= 0.6 is 0 Å². The van der Waals surface area contributed by atoms with E-state index in [0.717, 1.165) is 32.4 Å². The number of imide groups is 1. The van der Waals surface area contributed by atoms with Crippen molar-refractivity contribution in [3.05, 3.63) is 35.9 Å². The van der Waals surface area contributed by atoms with E-state index in [9.17, 15) is 14.4 Å². The van der Waals surface area contributed by atoms with Crippen LogP contribution in [0.15, 0.2) is 30.3 Å². The van der Waals surface area contributed by atoms with Crippen LogP contribution in [-0.2, 0) is 19.9 Å². The lowest BCUT2D eigenvalue weighted by Gasteiger charge is -2.27. The Hall–Kier alpha value is -2.41. The molecule has 3 rings (SSSR count). The van der Waals surface area contributed by atoms with Crippen molar-refractivity contribution in [2.45, 2.75) is 37.6 Å². The first-order valence-electron chi connectivity index (χ1n) is 9.54. The van der Waals surface area contributed by atoms with E-state index in [2.05, 4.69) is 10.6 Å². The molecule has 0 radical (unpaired) electrons. The maximum absolute atomic E-state index is 13.3. The minimum absolute atomic E-state index is 0.0551. The van der Waals surface area contributed by atoms with Crippen LogP contribution in [-0.4, -0.2) is 49.6 Å². The van der Waals surface area contributed by atoms with Gasteiger partial charge in [-0.15, -0.1) is 0 Å². The zero-order valence-electron chi connectivity index (χ0n) is 15.7. The maximum Gasteiger partial charge on any atom is 0.325 e. The van der Waals surface area contributed by atoms with Gasteiger partial charge in [-0.3, -0.25) is 14.5 Å². The lowest BCUT2D eigenvalue weighted by Crippen LogP contribution is -2.44. The van der Waals surface area contributed by atoms with E-state index in [1.54, 1.807) is 0 Å². The van der Waals surface area contributed by atoms with Gasteiger partial charge < -0.3 is 15.4 Å². The lowest BCUT2D eigenvalue weighted by atomic mass is 9.85. The minimum atomic E-state index is -1.21. The van der Waals surface area contributed by atoms with E-state index < -0.39 is 11.5 Å². The Morgan fingerprint density at radius 3 is 2.59 bits per heavy atom. The van der Waals surface area contributed by atoms with Gasteiger partial charge in [0, 0.05) is 13.0 Å². The third kappa shape index (κ3) is 4.13. The second-order valence-electron chi connectivity index (χ2n) is 7.22. The average molecular weight is 373 g/mol. The third-order valence-electron chi connectivity index (χ3n) is 5.59. The van der Waals surface area contributed by atoms with Crippen LogP contribution in [0.25, 0.3) is 0 Å². The molecule has 2 N–H and O–H groups in total. The predicted molar refractivity (Wildman–Crippen MR) is 99.8 cm³/mol. The second kappa shape index (κ2) is 8.52. The van der Waals surface area contributed by atoms with Crippen molar-refractivity contribution in [1.29, 1.82) is 0 Å². The molecule has 0 aromatic heterocycles. The Balaban J connectivity index is 1.77. The third-order valence-corrected chi connectivity index (χ3v) is 5.59. The number of nitrogens with zero attached hydrogens (tertiary/aromatic N) is 1. The van der Waals surface area contributed by atoms with Crippen LogP contribution < -0.4 is 10.6 Å². The number of esters is 1. The molecule has 1 unspecified atom stereocenters. The number of hydrogen-bond donors (Lipinski definition) is 2. The largest absolute Gasteiger partial charge is 0.469 e. The predicted octanol–water partition coefficient (Wildman–Crippen LogP) is 1.78. The molecule has 7 nitrogen and oxygen atoms in total. The Labute approximate surface area is 159 Å². The summed E-state index contributed by atoms with van der Waals surface area (Å²) in [4.78, 5) is 38.9. The highest BCUT2D eigenvalue weighted by Crippen LogP contribution is 2.34. The van der Waals surface area contributed by atoms with Crippen LogP contribution in [0.2, 0.25) is 0 Å². The second-order valence-corrected chi connectivity index (χ2v) is 7.22. The molecule has 2 saturated heterocycles. The number of hydrogen-bond acceptors (Lipinski definition) is 5. The molecule has 2 aliphatic rings. The summed E-state index contributed by atoms with van der Waals surface area (Å²) >= 11 is 0. The Morgan fingerprint density at radius 1 is 1.22 bits per heavy atom. The number of piperidine rings is 1. The molecule has 0 bridgehead atoms. The van der Waals surface area contributed by atoms with Crippen LogP contribution in [0.4, 0.5) is 4.79 Å². The Kier molecular flexibility index (Phi) is 6.11. The fourth-order valence-electron chi connectivity index (χ4n) is 3.93. The van der Waals surface area contributed by atoms with Gasteiger partial charge >= 0.3 is 12.0 Å². The molecule has 2 aliphatic heterocycles. The molecule has 0 spiro atoms. The van der Waals surface area contributed by atoms with Crippen molar-refractivity contribution in [3.63, 3.8) is 0 Å². The molecule has 27 heavy (non-hydrogen) atoms. The minimum Gasteiger partial charge on any atom is -0.469 e. The van der Waals surface area contributed by atoms with E-state index >= 15 is 0 Å². The van der Waals surface area contributed by atoms with Gasteiger partial charge in [-0.05, 0) is 50.3 Å². The van der Waals surface area contributed by atoms with Crippen LogP contribution in [0, 0.1) is 5.92 Å². The molecule has 2 fully saturated rings. The molecule has 1 aromatic rings. The van der Waals surface area contributed by atoms with Crippen molar-refractivity contribution in [2.75, 3.05) is 26.7 Å². The summed E-state index contributed by atoms with van der Waals surface area (Å²) in [5, 5.41) is 6.19. The first-order valence-corrected chi connectivity index (χ1v) is 9.54. The summed E-state index contributed by atoms with van der Waals surface area (Å²) in [7, 11) is 1.32. The topological polar surface area (TPSA) is 87.7 Å². The number of benzene rings is 1.